The van der Waals surface area contributed by atoms with E-state index in [1.54, 1.807) is 12.1 Å². The molecule has 0 saturated carbocycles. The van der Waals surface area contributed by atoms with Crippen molar-refractivity contribution in [1.29, 1.82) is 0 Å². The second-order valence-electron chi connectivity index (χ2n) is 7.12. The molecule has 0 fully saturated rings. The number of rotatable bonds is 4. The van der Waals surface area contributed by atoms with Crippen LogP contribution in [0.4, 0.5) is 10.2 Å². The van der Waals surface area contributed by atoms with Crippen LogP contribution < -0.4 is 14.8 Å². The van der Waals surface area contributed by atoms with Gasteiger partial charge < -0.3 is 14.8 Å². The Morgan fingerprint density at radius 2 is 1.93 bits per heavy atom. The molecule has 0 aliphatic carbocycles. The zero-order chi connectivity index (χ0) is 20.7. The molecule has 0 radical (unpaired) electrons. The van der Waals surface area contributed by atoms with Crippen LogP contribution in [0, 0.1) is 12.7 Å². The summed E-state index contributed by atoms with van der Waals surface area (Å²) in [6.07, 6.45) is 1.90. The third kappa shape index (κ3) is 3.23. The number of hydrogen-bond donors (Lipinski definition) is 1. The summed E-state index contributed by atoms with van der Waals surface area (Å²) in [4.78, 5) is 4.72. The fourth-order valence-electron chi connectivity index (χ4n) is 3.65. The lowest BCUT2D eigenvalue weighted by Gasteiger charge is -2.19. The summed E-state index contributed by atoms with van der Waals surface area (Å²) in [7, 11) is 0. The van der Waals surface area contributed by atoms with Gasteiger partial charge in [0.1, 0.15) is 36.2 Å². The van der Waals surface area contributed by atoms with E-state index in [0.717, 1.165) is 28.3 Å². The van der Waals surface area contributed by atoms with Crippen molar-refractivity contribution in [3.8, 4) is 22.8 Å². The molecule has 1 N–H and O–H groups in total. The largest absolute Gasteiger partial charge is 0.486 e. The number of fused-ring (bicyclic) bond motifs is 2. The number of imidazole rings is 1. The van der Waals surface area contributed by atoms with Gasteiger partial charge in [-0.2, -0.15) is 0 Å². The molecule has 0 amide bonds. The van der Waals surface area contributed by atoms with Crippen LogP contribution in [0.25, 0.3) is 16.9 Å². The highest BCUT2D eigenvalue weighted by Gasteiger charge is 2.21. The molecule has 0 spiro atoms. The number of pyridine rings is 1. The fraction of sp³-hybridized carbons (Fsp3) is 0.174. The lowest BCUT2D eigenvalue weighted by Crippen LogP contribution is -2.15. The standard InChI is InChI=1S/C23H19ClFN3O2/c1-14-4-3-9-28-22(14)27-21(20-16(24)5-2-6-17(20)25)23(28)26-13-15-7-8-18-19(12-15)30-11-10-29-18/h2-9,12,26H,10-11,13H2,1H3. The summed E-state index contributed by atoms with van der Waals surface area (Å²) >= 11 is 6.35. The van der Waals surface area contributed by atoms with Gasteiger partial charge in [-0.25, -0.2) is 9.37 Å². The first-order valence-electron chi connectivity index (χ1n) is 9.66. The Hall–Kier alpha value is -3.25. The van der Waals surface area contributed by atoms with E-state index in [1.807, 2.05) is 47.9 Å². The summed E-state index contributed by atoms with van der Waals surface area (Å²) in [6.45, 7) is 3.56. The van der Waals surface area contributed by atoms with Crippen molar-refractivity contribution in [3.63, 3.8) is 0 Å². The monoisotopic (exact) mass is 423 g/mol. The third-order valence-electron chi connectivity index (χ3n) is 5.11. The van der Waals surface area contributed by atoms with Crippen molar-refractivity contribution in [2.24, 2.45) is 0 Å². The van der Waals surface area contributed by atoms with Gasteiger partial charge in [0, 0.05) is 12.7 Å². The van der Waals surface area contributed by atoms with E-state index in [9.17, 15) is 4.39 Å². The van der Waals surface area contributed by atoms with Crippen molar-refractivity contribution in [1.82, 2.24) is 9.38 Å². The van der Waals surface area contributed by atoms with Crippen LogP contribution in [-0.4, -0.2) is 22.6 Å². The summed E-state index contributed by atoms with van der Waals surface area (Å²) in [5.74, 6) is 1.74. The molecule has 0 unspecified atom stereocenters. The van der Waals surface area contributed by atoms with Crippen LogP contribution in [0.2, 0.25) is 5.02 Å². The molecule has 30 heavy (non-hydrogen) atoms. The SMILES string of the molecule is Cc1cccn2c(NCc3ccc4c(c3)OCCO4)c(-c3c(F)cccc3Cl)nc12. The Morgan fingerprint density at radius 3 is 2.77 bits per heavy atom. The summed E-state index contributed by atoms with van der Waals surface area (Å²) < 4.78 is 27.9. The summed E-state index contributed by atoms with van der Waals surface area (Å²) in [5.41, 5.74) is 3.50. The molecule has 1 aliphatic heterocycles. The minimum Gasteiger partial charge on any atom is -0.486 e. The Morgan fingerprint density at radius 1 is 1.10 bits per heavy atom. The molecule has 4 aromatic rings. The number of halogens is 2. The highest BCUT2D eigenvalue weighted by atomic mass is 35.5. The average Bonchev–Trinajstić information content (AvgIpc) is 3.11. The Kier molecular flexibility index (Phi) is 4.71. The van der Waals surface area contributed by atoms with Gasteiger partial charge in [0.25, 0.3) is 0 Å². The summed E-state index contributed by atoms with van der Waals surface area (Å²) in [6, 6.07) is 14.4. The number of aromatic nitrogens is 2. The van der Waals surface area contributed by atoms with Gasteiger partial charge in [0.05, 0.1) is 10.6 Å². The molecule has 152 valence electrons. The highest BCUT2D eigenvalue weighted by Crippen LogP contribution is 2.37. The van der Waals surface area contributed by atoms with E-state index < -0.39 is 5.82 Å². The van der Waals surface area contributed by atoms with Crippen molar-refractivity contribution >= 4 is 23.1 Å². The first-order chi connectivity index (χ1) is 14.6. The van der Waals surface area contributed by atoms with E-state index in [2.05, 4.69) is 5.32 Å². The van der Waals surface area contributed by atoms with Gasteiger partial charge in [-0.05, 0) is 48.4 Å². The summed E-state index contributed by atoms with van der Waals surface area (Å²) in [5, 5.41) is 3.74. The maximum absolute atomic E-state index is 14.7. The van der Waals surface area contributed by atoms with Crippen molar-refractivity contribution in [2.45, 2.75) is 13.5 Å². The smallest absolute Gasteiger partial charge is 0.161 e. The maximum Gasteiger partial charge on any atom is 0.161 e. The molecule has 1 aliphatic rings. The number of nitrogens with one attached hydrogen (secondary N) is 1. The minimum absolute atomic E-state index is 0.284. The van der Waals surface area contributed by atoms with E-state index in [4.69, 9.17) is 26.1 Å². The lowest BCUT2D eigenvalue weighted by molar-refractivity contribution is 0.171. The van der Waals surface area contributed by atoms with E-state index >= 15 is 0 Å². The van der Waals surface area contributed by atoms with E-state index in [-0.39, 0.29) is 5.56 Å². The highest BCUT2D eigenvalue weighted by molar-refractivity contribution is 6.33. The van der Waals surface area contributed by atoms with Crippen LogP contribution in [0.5, 0.6) is 11.5 Å². The second-order valence-corrected chi connectivity index (χ2v) is 7.53. The van der Waals surface area contributed by atoms with Gasteiger partial charge in [0.2, 0.25) is 0 Å². The fourth-order valence-corrected chi connectivity index (χ4v) is 3.91. The zero-order valence-corrected chi connectivity index (χ0v) is 17.0. The Labute approximate surface area is 178 Å². The minimum atomic E-state index is -0.411. The Balaban J connectivity index is 1.57. The first kappa shape index (κ1) is 18.8. The molecule has 5 nitrogen and oxygen atoms in total. The number of nitrogens with zero attached hydrogens (tertiary/aromatic N) is 2. The van der Waals surface area contributed by atoms with Gasteiger partial charge in [-0.3, -0.25) is 4.40 Å². The van der Waals surface area contributed by atoms with E-state index in [0.29, 0.717) is 36.3 Å². The molecule has 0 bridgehead atoms. The normalized spacial score (nSPS) is 12.9. The first-order valence-corrected chi connectivity index (χ1v) is 10.0. The molecule has 3 heterocycles. The number of ether oxygens (including phenoxy) is 2. The number of anilines is 1. The third-order valence-corrected chi connectivity index (χ3v) is 5.43. The number of benzene rings is 2. The van der Waals surface area contributed by atoms with Crippen LogP contribution in [0.3, 0.4) is 0 Å². The Bertz CT molecular complexity index is 1230. The average molecular weight is 424 g/mol. The van der Waals surface area contributed by atoms with Crippen LogP contribution in [0.15, 0.2) is 54.7 Å². The van der Waals surface area contributed by atoms with Gasteiger partial charge in [0.15, 0.2) is 11.5 Å². The van der Waals surface area contributed by atoms with Gasteiger partial charge in [-0.15, -0.1) is 0 Å². The maximum atomic E-state index is 14.7. The lowest BCUT2D eigenvalue weighted by atomic mass is 10.1. The molecule has 0 atom stereocenters. The molecular weight excluding hydrogens is 405 g/mol. The molecule has 2 aromatic heterocycles. The van der Waals surface area contributed by atoms with Gasteiger partial charge in [-0.1, -0.05) is 29.8 Å². The topological polar surface area (TPSA) is 47.8 Å². The van der Waals surface area contributed by atoms with E-state index in [1.165, 1.54) is 6.07 Å². The predicted octanol–water partition coefficient (Wildman–Crippen LogP) is 5.49. The molecule has 0 saturated heterocycles. The van der Waals surface area contributed by atoms with Gasteiger partial charge >= 0.3 is 0 Å². The zero-order valence-electron chi connectivity index (χ0n) is 16.3. The molecular formula is C23H19ClFN3O2. The van der Waals surface area contributed by atoms with Crippen LogP contribution >= 0.6 is 11.6 Å². The molecule has 2 aromatic carbocycles. The van der Waals surface area contributed by atoms with Crippen molar-refractivity contribution in [2.75, 3.05) is 18.5 Å². The molecule has 7 heteroatoms. The quantitative estimate of drug-likeness (QED) is 0.471. The number of hydrogen-bond acceptors (Lipinski definition) is 4. The second kappa shape index (κ2) is 7.54. The van der Waals surface area contributed by atoms with Crippen LogP contribution in [0.1, 0.15) is 11.1 Å². The molecule has 5 rings (SSSR count). The van der Waals surface area contributed by atoms with Crippen molar-refractivity contribution in [3.05, 3.63) is 76.7 Å². The number of aryl methyl sites for hydroxylation is 1. The van der Waals surface area contributed by atoms with Crippen LogP contribution in [-0.2, 0) is 6.54 Å². The predicted molar refractivity (Wildman–Crippen MR) is 115 cm³/mol. The van der Waals surface area contributed by atoms with Crippen molar-refractivity contribution < 1.29 is 13.9 Å².